The summed E-state index contributed by atoms with van der Waals surface area (Å²) in [5.41, 5.74) is 0.0664. The van der Waals surface area contributed by atoms with Gasteiger partial charge in [0.2, 0.25) is 0 Å². The van der Waals surface area contributed by atoms with E-state index < -0.39 is 0 Å². The fourth-order valence-corrected chi connectivity index (χ4v) is 3.58. The van der Waals surface area contributed by atoms with Crippen molar-refractivity contribution < 1.29 is 4.74 Å². The summed E-state index contributed by atoms with van der Waals surface area (Å²) in [4.78, 5) is 9.93. The molecule has 0 aromatic rings. The minimum atomic E-state index is 0.0664. The highest BCUT2D eigenvalue weighted by Crippen LogP contribution is 2.16. The first-order chi connectivity index (χ1) is 12.1. The Morgan fingerprint density at radius 1 is 1.00 bits per heavy atom. The normalized spacial score (nSPS) is 21.8. The predicted molar refractivity (Wildman–Crippen MR) is 105 cm³/mol. The molecule has 0 radical (unpaired) electrons. The van der Waals surface area contributed by atoms with Crippen LogP contribution in [0.15, 0.2) is 4.99 Å². The molecular formula is C19H39N5O. The summed E-state index contributed by atoms with van der Waals surface area (Å²) in [7, 11) is 0. The number of likely N-dealkylation sites (tertiary alicyclic amines) is 1. The van der Waals surface area contributed by atoms with E-state index in [9.17, 15) is 0 Å². The van der Waals surface area contributed by atoms with E-state index in [0.717, 1.165) is 58.4 Å². The summed E-state index contributed by atoms with van der Waals surface area (Å²) in [5.74, 6) is 0.943. The second kappa shape index (κ2) is 11.0. The lowest BCUT2D eigenvalue weighted by molar-refractivity contribution is -0.00683. The van der Waals surface area contributed by atoms with Gasteiger partial charge in [0.1, 0.15) is 0 Å². The van der Waals surface area contributed by atoms with Crippen LogP contribution in [-0.4, -0.2) is 86.9 Å². The van der Waals surface area contributed by atoms with Crippen LogP contribution >= 0.6 is 0 Å². The monoisotopic (exact) mass is 353 g/mol. The summed E-state index contributed by atoms with van der Waals surface area (Å²) in [5, 5.41) is 6.90. The van der Waals surface area contributed by atoms with Crippen molar-refractivity contribution in [1.29, 1.82) is 0 Å². The van der Waals surface area contributed by atoms with Gasteiger partial charge in [-0.25, -0.2) is 0 Å². The standard InChI is InChI=1S/C19H39N5O/c1-4-20-18(21-9-12-23-10-7-5-6-8-11-23)22-17-19(2,3)24-13-15-25-16-14-24/h4-17H2,1-3H3,(H2,20,21,22). The van der Waals surface area contributed by atoms with Crippen molar-refractivity contribution in [1.82, 2.24) is 20.4 Å². The highest BCUT2D eigenvalue weighted by Gasteiger charge is 2.28. The van der Waals surface area contributed by atoms with Gasteiger partial charge < -0.3 is 20.3 Å². The van der Waals surface area contributed by atoms with Gasteiger partial charge in [-0.1, -0.05) is 12.8 Å². The zero-order chi connectivity index (χ0) is 18.0. The number of ether oxygens (including phenoxy) is 1. The molecule has 2 saturated heterocycles. The zero-order valence-electron chi connectivity index (χ0n) is 16.6. The number of guanidine groups is 1. The Labute approximate surface area is 154 Å². The van der Waals surface area contributed by atoms with Crippen molar-refractivity contribution >= 4 is 5.96 Å². The van der Waals surface area contributed by atoms with E-state index in [4.69, 9.17) is 9.73 Å². The average Bonchev–Trinajstić information content (AvgIpc) is 2.89. The molecule has 6 heteroatoms. The largest absolute Gasteiger partial charge is 0.379 e. The van der Waals surface area contributed by atoms with E-state index in [1.54, 1.807) is 0 Å². The lowest BCUT2D eigenvalue weighted by Crippen LogP contribution is -2.52. The summed E-state index contributed by atoms with van der Waals surface area (Å²) in [6.07, 6.45) is 5.49. The Kier molecular flexibility index (Phi) is 8.99. The molecule has 0 bridgehead atoms. The Morgan fingerprint density at radius 3 is 2.32 bits per heavy atom. The Balaban J connectivity index is 1.78. The molecule has 6 nitrogen and oxygen atoms in total. The summed E-state index contributed by atoms with van der Waals surface area (Å²) in [6.45, 7) is 16.6. The molecule has 0 aromatic heterocycles. The van der Waals surface area contributed by atoms with Crippen LogP contribution in [0, 0.1) is 0 Å². The Morgan fingerprint density at radius 2 is 1.68 bits per heavy atom. The maximum absolute atomic E-state index is 5.47. The highest BCUT2D eigenvalue weighted by atomic mass is 16.5. The van der Waals surface area contributed by atoms with Crippen LogP contribution in [0.4, 0.5) is 0 Å². The van der Waals surface area contributed by atoms with E-state index >= 15 is 0 Å². The smallest absolute Gasteiger partial charge is 0.191 e. The van der Waals surface area contributed by atoms with Crippen molar-refractivity contribution in [3.05, 3.63) is 0 Å². The van der Waals surface area contributed by atoms with Crippen molar-refractivity contribution in [2.75, 3.05) is 65.6 Å². The summed E-state index contributed by atoms with van der Waals surface area (Å²) >= 11 is 0. The molecule has 2 fully saturated rings. The number of rotatable bonds is 7. The third-order valence-corrected chi connectivity index (χ3v) is 5.25. The maximum Gasteiger partial charge on any atom is 0.191 e. The number of morpholine rings is 1. The quantitative estimate of drug-likeness (QED) is 0.537. The van der Waals surface area contributed by atoms with E-state index in [1.807, 2.05) is 0 Å². The predicted octanol–water partition coefficient (Wildman–Crippen LogP) is 1.53. The first kappa shape index (κ1) is 20.5. The molecule has 0 unspecified atom stereocenters. The first-order valence-corrected chi connectivity index (χ1v) is 10.2. The van der Waals surface area contributed by atoms with Gasteiger partial charge in [0.25, 0.3) is 0 Å². The molecule has 2 heterocycles. The van der Waals surface area contributed by atoms with E-state index in [0.29, 0.717) is 0 Å². The van der Waals surface area contributed by atoms with Crippen molar-refractivity contribution in [3.63, 3.8) is 0 Å². The van der Waals surface area contributed by atoms with Crippen LogP contribution < -0.4 is 10.6 Å². The minimum Gasteiger partial charge on any atom is -0.379 e. The second-order valence-electron chi connectivity index (χ2n) is 7.79. The fourth-order valence-electron chi connectivity index (χ4n) is 3.58. The number of nitrogens with zero attached hydrogens (tertiary/aromatic N) is 3. The molecule has 2 rings (SSSR count). The molecular weight excluding hydrogens is 314 g/mol. The average molecular weight is 354 g/mol. The van der Waals surface area contributed by atoms with Gasteiger partial charge in [-0.3, -0.25) is 9.89 Å². The fraction of sp³-hybridized carbons (Fsp3) is 0.947. The molecule has 0 saturated carbocycles. The third kappa shape index (κ3) is 7.50. The molecule has 0 aromatic carbocycles. The lowest BCUT2D eigenvalue weighted by atomic mass is 10.0. The second-order valence-corrected chi connectivity index (χ2v) is 7.79. The van der Waals surface area contributed by atoms with Crippen LogP contribution in [0.1, 0.15) is 46.5 Å². The molecule has 25 heavy (non-hydrogen) atoms. The van der Waals surface area contributed by atoms with Crippen molar-refractivity contribution in [2.24, 2.45) is 4.99 Å². The minimum absolute atomic E-state index is 0.0664. The molecule has 0 atom stereocenters. The lowest BCUT2D eigenvalue weighted by Gasteiger charge is -2.39. The molecule has 146 valence electrons. The van der Waals surface area contributed by atoms with Gasteiger partial charge in [-0.2, -0.15) is 0 Å². The van der Waals surface area contributed by atoms with Gasteiger partial charge in [0.15, 0.2) is 5.96 Å². The van der Waals surface area contributed by atoms with Crippen LogP contribution in [0.2, 0.25) is 0 Å². The van der Waals surface area contributed by atoms with E-state index in [2.05, 4.69) is 41.2 Å². The van der Waals surface area contributed by atoms with Gasteiger partial charge in [0.05, 0.1) is 19.8 Å². The van der Waals surface area contributed by atoms with Crippen LogP contribution in [-0.2, 0) is 4.74 Å². The summed E-state index contributed by atoms with van der Waals surface area (Å²) < 4.78 is 5.47. The summed E-state index contributed by atoms with van der Waals surface area (Å²) in [6, 6.07) is 0. The highest BCUT2D eigenvalue weighted by molar-refractivity contribution is 5.79. The SMILES string of the molecule is CCNC(=NCC(C)(C)N1CCOCC1)NCCN1CCCCCC1. The first-order valence-electron chi connectivity index (χ1n) is 10.2. The molecule has 0 amide bonds. The van der Waals surface area contributed by atoms with Gasteiger partial charge >= 0.3 is 0 Å². The van der Waals surface area contributed by atoms with Gasteiger partial charge in [-0.05, 0) is 46.7 Å². The number of aliphatic imine (C=N–C) groups is 1. The number of nitrogens with one attached hydrogen (secondary N) is 2. The van der Waals surface area contributed by atoms with Crippen molar-refractivity contribution in [3.8, 4) is 0 Å². The molecule has 0 spiro atoms. The van der Waals surface area contributed by atoms with Gasteiger partial charge in [-0.15, -0.1) is 0 Å². The van der Waals surface area contributed by atoms with Gasteiger partial charge in [0, 0.05) is 38.3 Å². The van der Waals surface area contributed by atoms with E-state index in [-0.39, 0.29) is 5.54 Å². The third-order valence-electron chi connectivity index (χ3n) is 5.25. The van der Waals surface area contributed by atoms with Crippen LogP contribution in [0.25, 0.3) is 0 Å². The zero-order valence-corrected chi connectivity index (χ0v) is 16.6. The Hall–Kier alpha value is -0.850. The Bertz CT molecular complexity index is 385. The molecule has 2 N–H and O–H groups in total. The maximum atomic E-state index is 5.47. The molecule has 2 aliphatic rings. The van der Waals surface area contributed by atoms with Crippen LogP contribution in [0.3, 0.4) is 0 Å². The van der Waals surface area contributed by atoms with E-state index in [1.165, 1.54) is 38.8 Å². The molecule has 0 aliphatic carbocycles. The topological polar surface area (TPSA) is 52.1 Å². The molecule has 2 aliphatic heterocycles. The van der Waals surface area contributed by atoms with Crippen LogP contribution in [0.5, 0.6) is 0 Å². The number of hydrogen-bond acceptors (Lipinski definition) is 4. The van der Waals surface area contributed by atoms with Crippen molar-refractivity contribution in [2.45, 2.75) is 52.0 Å². The number of hydrogen-bond donors (Lipinski definition) is 2.